The SMILES string of the molecule is Cc1ccc(N2CC3(CC3)CNC(C)(C)C2)c(C)c1. The third-order valence-electron chi connectivity index (χ3n) is 4.70. The molecule has 2 nitrogen and oxygen atoms in total. The van der Waals surface area contributed by atoms with E-state index in [-0.39, 0.29) is 5.54 Å². The number of hydrogen-bond acceptors (Lipinski definition) is 2. The van der Waals surface area contributed by atoms with Crippen LogP contribution in [0.25, 0.3) is 0 Å². The summed E-state index contributed by atoms with van der Waals surface area (Å²) in [4.78, 5) is 2.61. The molecule has 0 atom stereocenters. The molecule has 1 aromatic rings. The van der Waals surface area contributed by atoms with Crippen molar-refractivity contribution in [3.63, 3.8) is 0 Å². The first-order chi connectivity index (χ1) is 8.89. The van der Waals surface area contributed by atoms with Crippen LogP contribution in [0.15, 0.2) is 18.2 Å². The van der Waals surface area contributed by atoms with Crippen LogP contribution in [0.4, 0.5) is 5.69 Å². The monoisotopic (exact) mass is 258 g/mol. The first-order valence-corrected chi connectivity index (χ1v) is 7.47. The van der Waals surface area contributed by atoms with Crippen molar-refractivity contribution >= 4 is 5.69 Å². The number of anilines is 1. The second kappa shape index (κ2) is 4.24. The summed E-state index contributed by atoms with van der Waals surface area (Å²) >= 11 is 0. The minimum absolute atomic E-state index is 0.198. The summed E-state index contributed by atoms with van der Waals surface area (Å²) < 4.78 is 0. The normalized spacial score (nSPS) is 24.3. The van der Waals surface area contributed by atoms with Crippen molar-refractivity contribution < 1.29 is 0 Å². The van der Waals surface area contributed by atoms with Crippen molar-refractivity contribution in [2.24, 2.45) is 5.41 Å². The lowest BCUT2D eigenvalue weighted by Gasteiger charge is -2.33. The fourth-order valence-corrected chi connectivity index (χ4v) is 3.32. The molecule has 1 saturated carbocycles. The zero-order valence-electron chi connectivity index (χ0n) is 12.7. The molecule has 0 aromatic heterocycles. The van der Waals surface area contributed by atoms with Crippen LogP contribution in [0.5, 0.6) is 0 Å². The van der Waals surface area contributed by atoms with E-state index in [9.17, 15) is 0 Å². The second-order valence-electron chi connectivity index (χ2n) is 7.38. The zero-order valence-corrected chi connectivity index (χ0v) is 12.7. The van der Waals surface area contributed by atoms with Gasteiger partial charge in [-0.25, -0.2) is 0 Å². The predicted molar refractivity (Wildman–Crippen MR) is 81.9 cm³/mol. The van der Waals surface area contributed by atoms with Crippen LogP contribution in [0.2, 0.25) is 0 Å². The number of aryl methyl sites for hydroxylation is 2. The van der Waals surface area contributed by atoms with Crippen molar-refractivity contribution in [2.45, 2.75) is 46.1 Å². The van der Waals surface area contributed by atoms with E-state index in [1.165, 1.54) is 42.7 Å². The Labute approximate surface area is 117 Å². The second-order valence-corrected chi connectivity index (χ2v) is 7.38. The van der Waals surface area contributed by atoms with Gasteiger partial charge < -0.3 is 10.2 Å². The summed E-state index contributed by atoms with van der Waals surface area (Å²) in [5.41, 5.74) is 4.94. The molecule has 1 spiro atoms. The van der Waals surface area contributed by atoms with E-state index in [1.807, 2.05) is 0 Å². The van der Waals surface area contributed by atoms with Crippen LogP contribution in [-0.2, 0) is 0 Å². The number of nitrogens with zero attached hydrogens (tertiary/aromatic N) is 1. The van der Waals surface area contributed by atoms with Crippen molar-refractivity contribution in [3.05, 3.63) is 29.3 Å². The molecule has 1 aliphatic heterocycles. The highest BCUT2D eigenvalue weighted by molar-refractivity contribution is 5.55. The third-order valence-corrected chi connectivity index (χ3v) is 4.70. The molecule has 1 heterocycles. The van der Waals surface area contributed by atoms with Gasteiger partial charge in [-0.05, 0) is 52.2 Å². The highest BCUT2D eigenvalue weighted by atomic mass is 15.2. The number of benzene rings is 1. The molecule has 0 unspecified atom stereocenters. The lowest BCUT2D eigenvalue weighted by Crippen LogP contribution is -2.46. The Kier molecular flexibility index (Phi) is 2.90. The summed E-state index contributed by atoms with van der Waals surface area (Å²) in [5.74, 6) is 0. The molecule has 19 heavy (non-hydrogen) atoms. The van der Waals surface area contributed by atoms with Crippen LogP contribution < -0.4 is 10.2 Å². The molecular weight excluding hydrogens is 232 g/mol. The Morgan fingerprint density at radius 1 is 1.11 bits per heavy atom. The van der Waals surface area contributed by atoms with Crippen molar-refractivity contribution in [1.29, 1.82) is 0 Å². The summed E-state index contributed by atoms with van der Waals surface area (Å²) in [6.45, 7) is 12.6. The van der Waals surface area contributed by atoms with Gasteiger partial charge in [0.05, 0.1) is 0 Å². The molecule has 1 aliphatic carbocycles. The van der Waals surface area contributed by atoms with Crippen LogP contribution >= 0.6 is 0 Å². The molecule has 0 amide bonds. The van der Waals surface area contributed by atoms with Crippen molar-refractivity contribution in [1.82, 2.24) is 5.32 Å². The smallest absolute Gasteiger partial charge is 0.0396 e. The highest BCUT2D eigenvalue weighted by Gasteiger charge is 2.47. The van der Waals surface area contributed by atoms with E-state index < -0.39 is 0 Å². The molecule has 104 valence electrons. The first-order valence-electron chi connectivity index (χ1n) is 7.47. The molecular formula is C17H26N2. The van der Waals surface area contributed by atoms with Crippen LogP contribution in [0, 0.1) is 19.3 Å². The number of nitrogens with one attached hydrogen (secondary N) is 1. The zero-order chi connectivity index (χ0) is 13.7. The van der Waals surface area contributed by atoms with Crippen molar-refractivity contribution in [3.8, 4) is 0 Å². The van der Waals surface area contributed by atoms with E-state index in [0.717, 1.165) is 6.54 Å². The fourth-order valence-electron chi connectivity index (χ4n) is 3.32. The van der Waals surface area contributed by atoms with E-state index in [2.05, 4.69) is 56.1 Å². The van der Waals surface area contributed by atoms with Crippen LogP contribution in [0.3, 0.4) is 0 Å². The lowest BCUT2D eigenvalue weighted by molar-refractivity contribution is 0.389. The Bertz CT molecular complexity index is 478. The van der Waals surface area contributed by atoms with Gasteiger partial charge in [0.2, 0.25) is 0 Å². The molecule has 1 saturated heterocycles. The predicted octanol–water partition coefficient (Wildman–Crippen LogP) is 3.27. The maximum atomic E-state index is 3.76. The average Bonchev–Trinajstić information content (AvgIpc) is 3.07. The molecule has 1 aromatic carbocycles. The van der Waals surface area contributed by atoms with E-state index in [0.29, 0.717) is 5.41 Å². The maximum absolute atomic E-state index is 3.76. The summed E-state index contributed by atoms with van der Waals surface area (Å²) in [7, 11) is 0. The standard InChI is InChI=1S/C17H26N2/c1-13-5-6-15(14(2)9-13)19-11-16(3,4)18-10-17(12-19)7-8-17/h5-6,9,18H,7-8,10-12H2,1-4H3. The Morgan fingerprint density at radius 3 is 2.47 bits per heavy atom. The molecule has 2 aliphatic rings. The Morgan fingerprint density at radius 2 is 1.84 bits per heavy atom. The summed E-state index contributed by atoms with van der Waals surface area (Å²) in [6, 6.07) is 6.86. The van der Waals surface area contributed by atoms with Crippen molar-refractivity contribution in [2.75, 3.05) is 24.5 Å². The minimum atomic E-state index is 0.198. The van der Waals surface area contributed by atoms with Gasteiger partial charge >= 0.3 is 0 Å². The summed E-state index contributed by atoms with van der Waals surface area (Å²) in [6.07, 6.45) is 2.77. The molecule has 2 fully saturated rings. The lowest BCUT2D eigenvalue weighted by atomic mass is 10.0. The molecule has 0 radical (unpaired) electrons. The molecule has 0 bridgehead atoms. The van der Waals surface area contributed by atoms with Gasteiger partial charge in [0.15, 0.2) is 0 Å². The number of hydrogen-bond donors (Lipinski definition) is 1. The third kappa shape index (κ3) is 2.64. The van der Waals surface area contributed by atoms with Crippen LogP contribution in [-0.4, -0.2) is 25.2 Å². The minimum Gasteiger partial charge on any atom is -0.369 e. The summed E-state index contributed by atoms with van der Waals surface area (Å²) in [5, 5.41) is 3.76. The van der Waals surface area contributed by atoms with Gasteiger partial charge in [0.1, 0.15) is 0 Å². The van der Waals surface area contributed by atoms with E-state index >= 15 is 0 Å². The maximum Gasteiger partial charge on any atom is 0.0396 e. The Hall–Kier alpha value is -1.02. The largest absolute Gasteiger partial charge is 0.369 e. The Balaban J connectivity index is 1.92. The van der Waals surface area contributed by atoms with Gasteiger partial charge in [-0.3, -0.25) is 0 Å². The van der Waals surface area contributed by atoms with Gasteiger partial charge in [-0.15, -0.1) is 0 Å². The highest BCUT2D eigenvalue weighted by Crippen LogP contribution is 2.48. The topological polar surface area (TPSA) is 15.3 Å². The first kappa shape index (κ1) is 13.0. The van der Waals surface area contributed by atoms with Crippen LogP contribution in [0.1, 0.15) is 37.8 Å². The molecule has 1 N–H and O–H groups in total. The molecule has 2 heteroatoms. The average molecular weight is 258 g/mol. The van der Waals surface area contributed by atoms with Gasteiger partial charge in [0, 0.05) is 36.3 Å². The molecule has 3 rings (SSSR count). The van der Waals surface area contributed by atoms with Gasteiger partial charge in [0.25, 0.3) is 0 Å². The fraction of sp³-hybridized carbons (Fsp3) is 0.647. The van der Waals surface area contributed by atoms with Gasteiger partial charge in [-0.2, -0.15) is 0 Å². The van der Waals surface area contributed by atoms with E-state index in [4.69, 9.17) is 0 Å². The quantitative estimate of drug-likeness (QED) is 0.831. The number of rotatable bonds is 1. The van der Waals surface area contributed by atoms with Gasteiger partial charge in [-0.1, -0.05) is 17.7 Å². The van der Waals surface area contributed by atoms with E-state index in [1.54, 1.807) is 0 Å².